The molecule has 1 nitrogen and oxygen atoms in total. The fourth-order valence-corrected chi connectivity index (χ4v) is 4.73. The second-order valence-corrected chi connectivity index (χ2v) is 12.8. The van der Waals surface area contributed by atoms with Crippen molar-refractivity contribution in [2.24, 2.45) is 5.92 Å². The maximum absolute atomic E-state index is 4.28. The molecule has 0 bridgehead atoms. The van der Waals surface area contributed by atoms with Gasteiger partial charge in [0.05, 0.1) is 14.8 Å². The van der Waals surface area contributed by atoms with Gasteiger partial charge in [-0.2, -0.15) is 0 Å². The highest BCUT2D eigenvalue weighted by molar-refractivity contribution is 6.84. The zero-order chi connectivity index (χ0) is 16.7. The Morgan fingerprint density at radius 2 is 1.77 bits per heavy atom. The predicted octanol–water partition coefficient (Wildman–Crippen LogP) is 5.25. The summed E-state index contributed by atoms with van der Waals surface area (Å²) in [7, 11) is -1.38. The summed E-state index contributed by atoms with van der Waals surface area (Å²) >= 11 is 0. The molecule has 22 heavy (non-hydrogen) atoms. The van der Waals surface area contributed by atoms with Crippen LogP contribution >= 0.6 is 0 Å². The van der Waals surface area contributed by atoms with E-state index in [-0.39, 0.29) is 0 Å². The predicted molar refractivity (Wildman–Crippen MR) is 100.0 cm³/mol. The Morgan fingerprint density at radius 3 is 2.32 bits per heavy atom. The first-order valence-corrected chi connectivity index (χ1v) is 11.6. The van der Waals surface area contributed by atoms with Gasteiger partial charge in [0.1, 0.15) is 12.2 Å². The van der Waals surface area contributed by atoms with Gasteiger partial charge in [-0.3, -0.25) is 4.58 Å². The van der Waals surface area contributed by atoms with Crippen LogP contribution in [0.1, 0.15) is 30.5 Å². The molecule has 1 aromatic rings. The van der Waals surface area contributed by atoms with E-state index in [1.807, 2.05) is 0 Å². The molecule has 0 unspecified atom stereocenters. The first kappa shape index (κ1) is 16.8. The van der Waals surface area contributed by atoms with E-state index in [9.17, 15) is 0 Å². The van der Waals surface area contributed by atoms with E-state index < -0.39 is 8.07 Å². The van der Waals surface area contributed by atoms with Gasteiger partial charge in [0.15, 0.2) is 0 Å². The summed E-state index contributed by atoms with van der Waals surface area (Å²) < 4.78 is 2.07. The van der Waals surface area contributed by atoms with Crippen molar-refractivity contribution in [3.63, 3.8) is 0 Å². The molecule has 2 heteroatoms. The minimum atomic E-state index is -1.38. The summed E-state index contributed by atoms with van der Waals surface area (Å²) in [6, 6.07) is 7.86. The van der Waals surface area contributed by atoms with Crippen molar-refractivity contribution in [1.29, 1.82) is 0 Å². The molecule has 1 heterocycles. The Hall–Kier alpha value is -1.54. The molecule has 0 aromatic heterocycles. The normalized spacial score (nSPS) is 16.0. The van der Waals surface area contributed by atoms with Crippen molar-refractivity contribution in [2.45, 2.75) is 47.3 Å². The Labute approximate surface area is 137 Å². The quantitative estimate of drug-likeness (QED) is 0.407. The van der Waals surface area contributed by atoms with Crippen LogP contribution < -0.4 is 0 Å². The zero-order valence-corrected chi connectivity index (χ0v) is 16.1. The Bertz CT molecular complexity index is 657. The number of nitrogens with zero attached hydrogens (tertiary/aromatic N) is 1. The molecule has 0 amide bonds. The number of hydrogen-bond donors (Lipinski definition) is 0. The molecule has 0 saturated carbocycles. The third-order valence-corrected chi connectivity index (χ3v) is 6.33. The van der Waals surface area contributed by atoms with E-state index in [1.165, 1.54) is 33.5 Å². The van der Waals surface area contributed by atoms with Crippen molar-refractivity contribution in [3.8, 4) is 0 Å². The zero-order valence-electron chi connectivity index (χ0n) is 15.1. The molecule has 1 aliphatic heterocycles. The number of allylic oxidation sites excluding steroid dienone is 2. The summed E-state index contributed by atoms with van der Waals surface area (Å²) in [4.78, 5) is 0. The van der Waals surface area contributed by atoms with Gasteiger partial charge in [-0.1, -0.05) is 75.3 Å². The molecule has 0 radical (unpaired) electrons. The lowest BCUT2D eigenvalue weighted by molar-refractivity contribution is -0.418. The van der Waals surface area contributed by atoms with Crippen molar-refractivity contribution in [2.75, 3.05) is 0 Å². The maximum Gasteiger partial charge on any atom is 0.147 e. The molecule has 0 N–H and O–H groups in total. The SMILES string of the molecule is C=[N+]1C=C([Si](C)(C)C)C(C(C)C)=C[C-]1c1cc(C)ccc1C. The van der Waals surface area contributed by atoms with E-state index in [0.717, 1.165) is 0 Å². The largest absolute Gasteiger partial charge is 0.255 e. The average molecular weight is 312 g/mol. The van der Waals surface area contributed by atoms with E-state index in [0.29, 0.717) is 5.92 Å². The second-order valence-electron chi connectivity index (χ2n) is 7.72. The molecule has 0 spiro atoms. The van der Waals surface area contributed by atoms with Gasteiger partial charge in [0, 0.05) is 0 Å². The van der Waals surface area contributed by atoms with Crippen LogP contribution in [-0.4, -0.2) is 19.4 Å². The van der Waals surface area contributed by atoms with E-state index in [4.69, 9.17) is 0 Å². The summed E-state index contributed by atoms with van der Waals surface area (Å²) in [5.41, 5.74) is 5.37. The van der Waals surface area contributed by atoms with E-state index in [2.05, 4.69) is 89.1 Å². The summed E-state index contributed by atoms with van der Waals surface area (Å²) in [5, 5.41) is 1.52. The van der Waals surface area contributed by atoms with Crippen LogP contribution in [0.25, 0.3) is 0 Å². The van der Waals surface area contributed by atoms with Crippen molar-refractivity contribution in [3.05, 3.63) is 64.0 Å². The van der Waals surface area contributed by atoms with Gasteiger partial charge < -0.3 is 0 Å². The van der Waals surface area contributed by atoms with E-state index in [1.54, 1.807) is 0 Å². The molecule has 0 saturated heterocycles. The Morgan fingerprint density at radius 1 is 1.14 bits per heavy atom. The molecular weight excluding hydrogens is 282 g/mol. The van der Waals surface area contributed by atoms with Gasteiger partial charge in [0.2, 0.25) is 0 Å². The number of rotatable bonds is 3. The smallest absolute Gasteiger partial charge is 0.147 e. The number of hydrogen-bond acceptors (Lipinski definition) is 0. The lowest BCUT2D eigenvalue weighted by atomic mass is 9.92. The fraction of sp³-hybridized carbons (Fsp3) is 0.400. The molecule has 118 valence electrons. The van der Waals surface area contributed by atoms with Crippen LogP contribution in [0.4, 0.5) is 0 Å². The highest BCUT2D eigenvalue weighted by Crippen LogP contribution is 2.36. The van der Waals surface area contributed by atoms with Crippen molar-refractivity contribution in [1.82, 2.24) is 0 Å². The summed E-state index contributed by atoms with van der Waals surface area (Å²) in [5.74, 6) is 0.534. The minimum Gasteiger partial charge on any atom is -0.255 e. The molecule has 1 aromatic carbocycles. The third-order valence-electron chi connectivity index (χ3n) is 4.30. The maximum atomic E-state index is 4.28. The lowest BCUT2D eigenvalue weighted by Crippen LogP contribution is -2.32. The molecule has 2 rings (SSSR count). The Kier molecular flexibility index (Phi) is 4.53. The van der Waals surface area contributed by atoms with Crippen LogP contribution in [0.15, 0.2) is 41.2 Å². The van der Waals surface area contributed by atoms with Crippen LogP contribution in [0, 0.1) is 25.8 Å². The summed E-state index contributed by atoms with van der Waals surface area (Å²) in [6.45, 7) is 20.4. The second kappa shape index (κ2) is 5.92. The molecule has 0 atom stereocenters. The number of benzene rings is 1. The van der Waals surface area contributed by atoms with Gasteiger partial charge in [-0.25, -0.2) is 0 Å². The van der Waals surface area contributed by atoms with Gasteiger partial charge in [0.25, 0.3) is 0 Å². The van der Waals surface area contributed by atoms with Crippen LogP contribution in [0.3, 0.4) is 0 Å². The average Bonchev–Trinajstić information content (AvgIpc) is 2.40. The van der Waals surface area contributed by atoms with Gasteiger partial charge >= 0.3 is 0 Å². The van der Waals surface area contributed by atoms with Crippen molar-refractivity contribution >= 4 is 14.8 Å². The van der Waals surface area contributed by atoms with Crippen LogP contribution in [-0.2, 0) is 0 Å². The van der Waals surface area contributed by atoms with Gasteiger partial charge in [-0.15, -0.1) is 0 Å². The van der Waals surface area contributed by atoms with Crippen molar-refractivity contribution < 1.29 is 4.58 Å². The highest BCUT2D eigenvalue weighted by atomic mass is 28.3. The first-order valence-electron chi connectivity index (χ1n) is 8.10. The molecule has 0 fully saturated rings. The molecular formula is C20H29NSi. The standard InChI is InChI=1S/C20H29NSi/c1-14(2)17-12-19(18-11-15(3)9-10-16(18)4)21(5)13-20(17)22(6,7)8/h9-14H,5H2,1-4,6-8H3. The lowest BCUT2D eigenvalue weighted by Gasteiger charge is -2.33. The first-order chi connectivity index (χ1) is 10.1. The minimum absolute atomic E-state index is 0.534. The van der Waals surface area contributed by atoms with Gasteiger partial charge in [-0.05, 0) is 29.7 Å². The Balaban J connectivity index is 2.55. The third kappa shape index (κ3) is 3.27. The fourth-order valence-electron chi connectivity index (χ4n) is 2.96. The molecule has 1 aliphatic rings. The monoisotopic (exact) mass is 311 g/mol. The van der Waals surface area contributed by atoms with Crippen LogP contribution in [0.2, 0.25) is 19.6 Å². The molecule has 0 aliphatic carbocycles. The topological polar surface area (TPSA) is 3.01 Å². The summed E-state index contributed by atoms with van der Waals surface area (Å²) in [6.07, 6.45) is 4.64. The van der Waals surface area contributed by atoms with E-state index >= 15 is 0 Å². The number of aryl methyl sites for hydroxylation is 2. The highest BCUT2D eigenvalue weighted by Gasteiger charge is 2.30. The van der Waals surface area contributed by atoms with Crippen LogP contribution in [0.5, 0.6) is 0 Å².